The molecule has 1 heterocycles. The number of carbonyl (C=O) groups is 2. The molecule has 142 valence electrons. The Morgan fingerprint density at radius 2 is 1.93 bits per heavy atom. The van der Waals surface area contributed by atoms with Crippen LogP contribution in [0, 0.1) is 18.7 Å². The largest absolute Gasteiger partial charge is 0.342 e. The van der Waals surface area contributed by atoms with Crippen molar-refractivity contribution >= 4 is 29.1 Å². The summed E-state index contributed by atoms with van der Waals surface area (Å²) in [5, 5.41) is 3.52. The van der Waals surface area contributed by atoms with Crippen LogP contribution in [0.3, 0.4) is 0 Å². The Morgan fingerprint density at radius 3 is 2.63 bits per heavy atom. The van der Waals surface area contributed by atoms with Gasteiger partial charge in [0.25, 0.3) is 0 Å². The summed E-state index contributed by atoms with van der Waals surface area (Å²) in [5.41, 5.74) is 2.34. The first-order chi connectivity index (χ1) is 12.9. The van der Waals surface area contributed by atoms with Crippen LogP contribution in [0.15, 0.2) is 42.5 Å². The van der Waals surface area contributed by atoms with E-state index in [1.165, 1.54) is 12.1 Å². The minimum absolute atomic E-state index is 0.0369. The average molecular weight is 389 g/mol. The molecule has 0 unspecified atom stereocenters. The maximum atomic E-state index is 13.3. The smallest absolute Gasteiger partial charge is 0.227 e. The molecule has 1 saturated heterocycles. The fourth-order valence-corrected chi connectivity index (χ4v) is 3.46. The monoisotopic (exact) mass is 388 g/mol. The summed E-state index contributed by atoms with van der Waals surface area (Å²) in [7, 11) is 0. The lowest BCUT2D eigenvalue weighted by Crippen LogP contribution is -2.42. The number of piperidine rings is 1. The fourth-order valence-electron chi connectivity index (χ4n) is 3.29. The van der Waals surface area contributed by atoms with Crippen LogP contribution in [0.25, 0.3) is 0 Å². The minimum Gasteiger partial charge on any atom is -0.342 e. The van der Waals surface area contributed by atoms with Gasteiger partial charge in [0.15, 0.2) is 0 Å². The van der Waals surface area contributed by atoms with E-state index in [0.717, 1.165) is 11.3 Å². The van der Waals surface area contributed by atoms with Crippen molar-refractivity contribution < 1.29 is 14.0 Å². The number of rotatable bonds is 4. The molecule has 1 aliphatic heterocycles. The molecule has 2 aromatic rings. The Bertz CT molecular complexity index is 848. The third-order valence-electron chi connectivity index (χ3n) is 4.92. The highest BCUT2D eigenvalue weighted by Crippen LogP contribution is 2.24. The second kappa shape index (κ2) is 8.53. The van der Waals surface area contributed by atoms with Crippen LogP contribution in [0.4, 0.5) is 10.1 Å². The Morgan fingerprint density at radius 1 is 1.19 bits per heavy atom. The minimum atomic E-state index is -0.341. The van der Waals surface area contributed by atoms with E-state index in [2.05, 4.69) is 5.32 Å². The highest BCUT2D eigenvalue weighted by atomic mass is 35.5. The highest BCUT2D eigenvalue weighted by molar-refractivity contribution is 6.31. The first kappa shape index (κ1) is 19.4. The van der Waals surface area contributed by atoms with Gasteiger partial charge in [-0.05, 0) is 55.2 Å². The van der Waals surface area contributed by atoms with Gasteiger partial charge in [-0.25, -0.2) is 4.39 Å². The summed E-state index contributed by atoms with van der Waals surface area (Å²) in [6.07, 6.45) is 1.40. The molecule has 4 nitrogen and oxygen atoms in total. The SMILES string of the molecule is Cc1ccc(Cl)cc1NC(=O)C1CCN(C(=O)Cc2cccc(F)c2)CC1. The van der Waals surface area contributed by atoms with E-state index in [1.54, 1.807) is 29.2 Å². The number of hydrogen-bond donors (Lipinski definition) is 1. The number of aryl methyl sites for hydroxylation is 1. The van der Waals surface area contributed by atoms with E-state index in [-0.39, 0.29) is 30.0 Å². The molecule has 1 aliphatic rings. The first-order valence-electron chi connectivity index (χ1n) is 9.01. The topological polar surface area (TPSA) is 49.4 Å². The van der Waals surface area contributed by atoms with Gasteiger partial charge in [-0.3, -0.25) is 9.59 Å². The number of carbonyl (C=O) groups excluding carboxylic acids is 2. The maximum Gasteiger partial charge on any atom is 0.227 e. The van der Waals surface area contributed by atoms with Gasteiger partial charge < -0.3 is 10.2 Å². The molecule has 2 aromatic carbocycles. The second-order valence-electron chi connectivity index (χ2n) is 6.91. The molecule has 0 spiro atoms. The second-order valence-corrected chi connectivity index (χ2v) is 7.35. The molecule has 0 radical (unpaired) electrons. The predicted octanol–water partition coefficient (Wildman–Crippen LogP) is 4.21. The molecule has 1 N–H and O–H groups in total. The zero-order chi connectivity index (χ0) is 19.4. The van der Waals surface area contributed by atoms with Crippen molar-refractivity contribution in [1.82, 2.24) is 4.90 Å². The van der Waals surface area contributed by atoms with Gasteiger partial charge in [-0.1, -0.05) is 29.8 Å². The Labute approximate surface area is 163 Å². The Hall–Kier alpha value is -2.40. The van der Waals surface area contributed by atoms with E-state index in [4.69, 9.17) is 11.6 Å². The Balaban J connectivity index is 1.52. The number of anilines is 1. The lowest BCUT2D eigenvalue weighted by atomic mass is 9.95. The summed E-state index contributed by atoms with van der Waals surface area (Å²) < 4.78 is 13.3. The summed E-state index contributed by atoms with van der Waals surface area (Å²) in [4.78, 5) is 26.7. The molecule has 0 saturated carbocycles. The molecule has 27 heavy (non-hydrogen) atoms. The third-order valence-corrected chi connectivity index (χ3v) is 5.16. The number of hydrogen-bond acceptors (Lipinski definition) is 2. The van der Waals surface area contributed by atoms with Crippen LogP contribution in [0.5, 0.6) is 0 Å². The molecular formula is C21H22ClFN2O2. The summed E-state index contributed by atoms with van der Waals surface area (Å²) in [6.45, 7) is 2.97. The van der Waals surface area contributed by atoms with Gasteiger partial charge in [-0.15, -0.1) is 0 Å². The van der Waals surface area contributed by atoms with Gasteiger partial charge in [0.05, 0.1) is 6.42 Å². The van der Waals surface area contributed by atoms with Crippen LogP contribution in [0.1, 0.15) is 24.0 Å². The van der Waals surface area contributed by atoms with Gasteiger partial charge in [-0.2, -0.15) is 0 Å². The van der Waals surface area contributed by atoms with Crippen molar-refractivity contribution in [1.29, 1.82) is 0 Å². The van der Waals surface area contributed by atoms with Crippen LogP contribution in [-0.4, -0.2) is 29.8 Å². The molecule has 0 bridgehead atoms. The Kier molecular flexibility index (Phi) is 6.11. The zero-order valence-corrected chi connectivity index (χ0v) is 15.9. The molecule has 1 fully saturated rings. The number of amides is 2. The predicted molar refractivity (Wildman–Crippen MR) is 104 cm³/mol. The molecule has 6 heteroatoms. The summed E-state index contributed by atoms with van der Waals surface area (Å²) in [5.74, 6) is -0.559. The number of nitrogens with zero attached hydrogens (tertiary/aromatic N) is 1. The van der Waals surface area contributed by atoms with Gasteiger partial charge in [0.1, 0.15) is 5.82 Å². The van der Waals surface area contributed by atoms with Gasteiger partial charge >= 0.3 is 0 Å². The van der Waals surface area contributed by atoms with E-state index >= 15 is 0 Å². The maximum absolute atomic E-state index is 13.3. The lowest BCUT2D eigenvalue weighted by Gasteiger charge is -2.31. The van der Waals surface area contributed by atoms with E-state index < -0.39 is 0 Å². The molecule has 0 aromatic heterocycles. The summed E-state index contributed by atoms with van der Waals surface area (Å²) in [6, 6.07) is 11.5. The van der Waals surface area contributed by atoms with Gasteiger partial charge in [0, 0.05) is 29.7 Å². The van der Waals surface area contributed by atoms with Crippen LogP contribution in [-0.2, 0) is 16.0 Å². The molecule has 3 rings (SSSR count). The zero-order valence-electron chi connectivity index (χ0n) is 15.2. The van der Waals surface area contributed by atoms with Crippen molar-refractivity contribution in [3.63, 3.8) is 0 Å². The highest BCUT2D eigenvalue weighted by Gasteiger charge is 2.27. The molecule has 0 atom stereocenters. The van der Waals surface area contributed by atoms with Crippen LogP contribution < -0.4 is 5.32 Å². The number of likely N-dealkylation sites (tertiary alicyclic amines) is 1. The van der Waals surface area contributed by atoms with Crippen LogP contribution >= 0.6 is 11.6 Å². The normalized spacial score (nSPS) is 14.9. The van der Waals surface area contributed by atoms with Crippen molar-refractivity contribution in [2.75, 3.05) is 18.4 Å². The van der Waals surface area contributed by atoms with E-state index in [0.29, 0.717) is 36.5 Å². The quantitative estimate of drug-likeness (QED) is 0.853. The third kappa shape index (κ3) is 5.07. The van der Waals surface area contributed by atoms with E-state index in [9.17, 15) is 14.0 Å². The van der Waals surface area contributed by atoms with Crippen molar-refractivity contribution in [3.8, 4) is 0 Å². The van der Waals surface area contributed by atoms with Crippen molar-refractivity contribution in [2.45, 2.75) is 26.2 Å². The number of benzene rings is 2. The molecule has 2 amide bonds. The lowest BCUT2D eigenvalue weighted by molar-refractivity contribution is -0.133. The van der Waals surface area contributed by atoms with Crippen molar-refractivity contribution in [2.24, 2.45) is 5.92 Å². The fraction of sp³-hybridized carbons (Fsp3) is 0.333. The average Bonchev–Trinajstić information content (AvgIpc) is 2.65. The van der Waals surface area contributed by atoms with E-state index in [1.807, 2.05) is 13.0 Å². The molecular weight excluding hydrogens is 367 g/mol. The van der Waals surface area contributed by atoms with Gasteiger partial charge in [0.2, 0.25) is 11.8 Å². The van der Waals surface area contributed by atoms with Crippen LogP contribution in [0.2, 0.25) is 5.02 Å². The molecule has 0 aliphatic carbocycles. The number of halogens is 2. The number of nitrogens with one attached hydrogen (secondary N) is 1. The van der Waals surface area contributed by atoms with Crippen molar-refractivity contribution in [3.05, 3.63) is 64.4 Å². The summed E-state index contributed by atoms with van der Waals surface area (Å²) >= 11 is 6.00. The first-order valence-corrected chi connectivity index (χ1v) is 9.39. The standard InChI is InChI=1S/C21H22ClFN2O2/c1-14-5-6-17(22)13-19(14)24-21(27)16-7-9-25(10-8-16)20(26)12-15-3-2-4-18(23)11-15/h2-6,11,13,16H,7-10,12H2,1H3,(H,24,27).